The van der Waals surface area contributed by atoms with Gasteiger partial charge in [-0.2, -0.15) is 0 Å². The number of benzene rings is 2. The summed E-state index contributed by atoms with van der Waals surface area (Å²) in [6.45, 7) is 3.81. The maximum atomic E-state index is 13.7. The van der Waals surface area contributed by atoms with E-state index in [-0.39, 0.29) is 23.4 Å². The largest absolute Gasteiger partial charge is 0.464 e. The molecule has 0 N–H and O–H groups in total. The Morgan fingerprint density at radius 3 is 2.71 bits per heavy atom. The molecule has 1 atom stereocenters. The predicted octanol–water partition coefficient (Wildman–Crippen LogP) is 5.23. The number of hydrogen-bond acceptors (Lipinski definition) is 8. The van der Waals surface area contributed by atoms with Crippen LogP contribution >= 0.6 is 11.3 Å². The number of hydrogen-bond donors (Lipinski definition) is 0. The molecular formula is C26H18N2O6S. The van der Waals surface area contributed by atoms with E-state index in [2.05, 4.69) is 4.98 Å². The van der Waals surface area contributed by atoms with E-state index in [0.717, 1.165) is 0 Å². The lowest BCUT2D eigenvalue weighted by molar-refractivity contribution is 0.0526. The molecule has 0 saturated heterocycles. The summed E-state index contributed by atoms with van der Waals surface area (Å²) in [4.78, 5) is 45.5. The van der Waals surface area contributed by atoms with Gasteiger partial charge in [0, 0.05) is 0 Å². The summed E-state index contributed by atoms with van der Waals surface area (Å²) in [5.41, 5.74) is 1.27. The zero-order valence-corrected chi connectivity index (χ0v) is 19.5. The molecular weight excluding hydrogens is 468 g/mol. The number of aromatic nitrogens is 1. The minimum Gasteiger partial charge on any atom is -0.464 e. The first-order valence-corrected chi connectivity index (χ1v) is 11.8. The van der Waals surface area contributed by atoms with Gasteiger partial charge in [-0.3, -0.25) is 14.5 Å². The third-order valence-electron chi connectivity index (χ3n) is 5.90. The number of esters is 1. The second kappa shape index (κ2) is 7.92. The quantitative estimate of drug-likeness (QED) is 0.321. The van der Waals surface area contributed by atoms with E-state index in [1.54, 1.807) is 68.4 Å². The molecule has 35 heavy (non-hydrogen) atoms. The van der Waals surface area contributed by atoms with Crippen LogP contribution in [0.3, 0.4) is 0 Å². The van der Waals surface area contributed by atoms with Crippen molar-refractivity contribution in [3.8, 4) is 0 Å². The van der Waals surface area contributed by atoms with Gasteiger partial charge in [-0.15, -0.1) is 0 Å². The number of aryl methyl sites for hydroxylation is 1. The van der Waals surface area contributed by atoms with Gasteiger partial charge < -0.3 is 13.6 Å². The van der Waals surface area contributed by atoms with Crippen molar-refractivity contribution in [2.24, 2.45) is 0 Å². The number of carbonyl (C=O) groups is 2. The summed E-state index contributed by atoms with van der Waals surface area (Å²) in [5.74, 6) is 0.142. The summed E-state index contributed by atoms with van der Waals surface area (Å²) < 4.78 is 17.6. The van der Waals surface area contributed by atoms with E-state index in [9.17, 15) is 14.4 Å². The highest BCUT2D eigenvalue weighted by molar-refractivity contribution is 7.22. The van der Waals surface area contributed by atoms with Crippen LogP contribution in [-0.2, 0) is 4.74 Å². The zero-order chi connectivity index (χ0) is 24.3. The molecule has 0 aliphatic carbocycles. The Bertz CT molecular complexity index is 1710. The van der Waals surface area contributed by atoms with Gasteiger partial charge in [0.15, 0.2) is 10.6 Å². The normalized spacial score (nSPS) is 15.2. The third kappa shape index (κ3) is 3.27. The minimum absolute atomic E-state index is 0.0285. The van der Waals surface area contributed by atoms with Crippen molar-refractivity contribution in [1.82, 2.24) is 4.98 Å². The van der Waals surface area contributed by atoms with Gasteiger partial charge in [0.05, 0.1) is 33.3 Å². The fraction of sp³-hybridized carbons (Fsp3) is 0.154. The number of nitrogens with zero attached hydrogens (tertiary/aromatic N) is 2. The van der Waals surface area contributed by atoms with Crippen LogP contribution in [0.1, 0.15) is 51.0 Å². The van der Waals surface area contributed by atoms with Crippen molar-refractivity contribution >= 4 is 49.5 Å². The Morgan fingerprint density at radius 2 is 1.94 bits per heavy atom. The summed E-state index contributed by atoms with van der Waals surface area (Å²) in [5, 5.41) is 0.748. The lowest BCUT2D eigenvalue weighted by atomic mass is 10.0. The maximum absolute atomic E-state index is 13.7. The number of carbonyl (C=O) groups excluding carboxylic acids is 2. The van der Waals surface area contributed by atoms with Crippen LogP contribution in [0.5, 0.6) is 0 Å². The van der Waals surface area contributed by atoms with Crippen LogP contribution in [0.2, 0.25) is 0 Å². The number of para-hydroxylation sites is 1. The monoisotopic (exact) mass is 486 g/mol. The molecule has 1 amide bonds. The van der Waals surface area contributed by atoms with Gasteiger partial charge in [-0.25, -0.2) is 9.78 Å². The van der Waals surface area contributed by atoms with Crippen LogP contribution in [-0.4, -0.2) is 23.5 Å². The van der Waals surface area contributed by atoms with E-state index >= 15 is 0 Å². The van der Waals surface area contributed by atoms with Gasteiger partial charge in [0.2, 0.25) is 5.76 Å². The fourth-order valence-electron chi connectivity index (χ4n) is 4.34. The molecule has 0 bridgehead atoms. The highest BCUT2D eigenvalue weighted by Gasteiger charge is 2.46. The summed E-state index contributed by atoms with van der Waals surface area (Å²) >= 11 is 1.23. The molecule has 5 aromatic rings. The van der Waals surface area contributed by atoms with E-state index in [4.69, 9.17) is 13.6 Å². The van der Waals surface area contributed by atoms with Crippen molar-refractivity contribution in [2.75, 3.05) is 11.5 Å². The average molecular weight is 487 g/mol. The molecule has 8 nitrogen and oxygen atoms in total. The minimum atomic E-state index is -0.836. The van der Waals surface area contributed by atoms with Crippen molar-refractivity contribution in [3.05, 3.63) is 93.2 Å². The smallest absolute Gasteiger partial charge is 0.338 e. The Hall–Kier alpha value is -4.24. The lowest BCUT2D eigenvalue weighted by Gasteiger charge is -2.20. The number of thiazole rings is 1. The molecule has 1 aliphatic rings. The zero-order valence-electron chi connectivity index (χ0n) is 18.7. The van der Waals surface area contributed by atoms with Crippen molar-refractivity contribution in [3.63, 3.8) is 0 Å². The predicted molar refractivity (Wildman–Crippen MR) is 130 cm³/mol. The molecule has 3 aromatic heterocycles. The maximum Gasteiger partial charge on any atom is 0.338 e. The first-order chi connectivity index (χ1) is 17.0. The molecule has 0 saturated carbocycles. The number of furan rings is 1. The standard InChI is InChI=1S/C26H18N2O6S/c1-3-32-25(31)14-9-10-16-19(12-14)35-26(27-16)28-21(18-11-8-13(2)33-18)20-22(29)15-6-4-5-7-17(15)34-23(20)24(28)30/h4-12,21H,3H2,1-2H3. The van der Waals surface area contributed by atoms with E-state index in [1.807, 2.05) is 0 Å². The number of fused-ring (bicyclic) bond motifs is 3. The number of rotatable bonds is 4. The fourth-order valence-corrected chi connectivity index (χ4v) is 5.37. The first kappa shape index (κ1) is 21.3. The molecule has 1 unspecified atom stereocenters. The molecule has 0 spiro atoms. The van der Waals surface area contributed by atoms with Gasteiger partial charge in [-0.1, -0.05) is 23.5 Å². The number of anilines is 1. The second-order valence-electron chi connectivity index (χ2n) is 8.10. The van der Waals surface area contributed by atoms with Crippen LogP contribution in [0.25, 0.3) is 21.2 Å². The molecule has 6 rings (SSSR count). The van der Waals surface area contributed by atoms with E-state index in [0.29, 0.717) is 43.4 Å². The van der Waals surface area contributed by atoms with Crippen LogP contribution in [0.15, 0.2) is 68.2 Å². The van der Waals surface area contributed by atoms with Gasteiger partial charge in [0.25, 0.3) is 5.91 Å². The summed E-state index contributed by atoms with van der Waals surface area (Å²) in [6.07, 6.45) is 0. The van der Waals surface area contributed by atoms with Gasteiger partial charge >= 0.3 is 5.97 Å². The lowest BCUT2D eigenvalue weighted by Crippen LogP contribution is -2.29. The molecule has 9 heteroatoms. The third-order valence-corrected chi connectivity index (χ3v) is 6.92. The van der Waals surface area contributed by atoms with E-state index < -0.39 is 17.9 Å². The van der Waals surface area contributed by atoms with Crippen LogP contribution < -0.4 is 10.3 Å². The Balaban J connectivity index is 1.55. The molecule has 4 heterocycles. The summed E-state index contributed by atoms with van der Waals surface area (Å²) in [7, 11) is 0. The van der Waals surface area contributed by atoms with Crippen molar-refractivity contribution < 1.29 is 23.2 Å². The number of amides is 1. The highest BCUT2D eigenvalue weighted by Crippen LogP contribution is 2.44. The van der Waals surface area contributed by atoms with Gasteiger partial charge in [0.1, 0.15) is 23.1 Å². The SMILES string of the molecule is CCOC(=O)c1ccc2nc(N3C(=O)c4oc5ccccc5c(=O)c4C3c3ccc(C)o3)sc2c1. The number of ether oxygens (including phenoxy) is 1. The molecule has 2 aromatic carbocycles. The Kier molecular flexibility index (Phi) is 4.82. The van der Waals surface area contributed by atoms with Crippen molar-refractivity contribution in [1.29, 1.82) is 0 Å². The molecule has 1 aliphatic heterocycles. The van der Waals surface area contributed by atoms with Crippen LogP contribution in [0, 0.1) is 6.92 Å². The molecule has 0 fully saturated rings. The summed E-state index contributed by atoms with van der Waals surface area (Å²) in [6, 6.07) is 14.6. The first-order valence-electron chi connectivity index (χ1n) is 11.0. The second-order valence-corrected chi connectivity index (χ2v) is 9.10. The molecule has 0 radical (unpaired) electrons. The van der Waals surface area contributed by atoms with Crippen LogP contribution in [0.4, 0.5) is 5.13 Å². The average Bonchev–Trinajstić information content (AvgIpc) is 3.54. The van der Waals surface area contributed by atoms with Crippen molar-refractivity contribution in [2.45, 2.75) is 19.9 Å². The Labute approximate surface area is 202 Å². The van der Waals surface area contributed by atoms with Gasteiger partial charge in [-0.05, 0) is 56.3 Å². The van der Waals surface area contributed by atoms with E-state index in [1.165, 1.54) is 16.2 Å². The highest BCUT2D eigenvalue weighted by atomic mass is 32.1. The topological polar surface area (TPSA) is 103 Å². The molecule has 174 valence electrons. The Morgan fingerprint density at radius 1 is 1.11 bits per heavy atom.